The molecule has 0 aliphatic rings. The van der Waals surface area contributed by atoms with Gasteiger partial charge >= 0.3 is 0 Å². The van der Waals surface area contributed by atoms with Crippen molar-refractivity contribution >= 4 is 23.2 Å². The number of rotatable bonds is 5. The maximum atomic E-state index is 11.0. The monoisotopic (exact) mass is 280 g/mol. The van der Waals surface area contributed by atoms with Crippen LogP contribution in [-0.2, 0) is 17.8 Å². The van der Waals surface area contributed by atoms with E-state index in [2.05, 4.69) is 20.5 Å². The summed E-state index contributed by atoms with van der Waals surface area (Å²) >= 11 is 5.87. The summed E-state index contributed by atoms with van der Waals surface area (Å²) in [4.78, 5) is 15.2. The number of hydrazine groups is 1. The van der Waals surface area contributed by atoms with Crippen molar-refractivity contribution in [2.24, 2.45) is 5.84 Å². The molecule has 0 saturated heterocycles. The first-order valence-corrected chi connectivity index (χ1v) is 5.94. The van der Waals surface area contributed by atoms with Crippen molar-refractivity contribution in [2.45, 2.75) is 13.0 Å². The number of nitrogens with zero attached hydrogens (tertiary/aromatic N) is 2. The molecule has 8 heteroatoms. The first kappa shape index (κ1) is 13.3. The van der Waals surface area contributed by atoms with Crippen molar-refractivity contribution in [3.05, 3.63) is 40.9 Å². The summed E-state index contributed by atoms with van der Waals surface area (Å²) in [6.45, 7) is 0.456. The van der Waals surface area contributed by atoms with Gasteiger partial charge in [0.25, 0.3) is 0 Å². The Morgan fingerprint density at radius 1 is 1.47 bits per heavy atom. The molecule has 0 saturated carbocycles. The third-order valence-corrected chi connectivity index (χ3v) is 2.58. The highest BCUT2D eigenvalue weighted by Gasteiger charge is 2.07. The van der Waals surface area contributed by atoms with Gasteiger partial charge < -0.3 is 5.32 Å². The molecule has 1 amide bonds. The maximum absolute atomic E-state index is 11.0. The molecule has 5 N–H and O–H groups in total. The van der Waals surface area contributed by atoms with Gasteiger partial charge in [-0.25, -0.2) is 10.8 Å². The standard InChI is InChI=1S/C11H13ClN6O/c12-7-2-1-3-8(4-7)14-6-10-15-9(17-18-10)5-11(19)16-13/h1-4,14H,5-6,13H2,(H,16,19)(H,15,17,18). The summed E-state index contributed by atoms with van der Waals surface area (Å²) in [6.07, 6.45) is 0.0458. The number of aromatic amines is 1. The Morgan fingerprint density at radius 2 is 2.32 bits per heavy atom. The number of hydrogen-bond donors (Lipinski definition) is 4. The molecule has 2 rings (SSSR count). The number of anilines is 1. The van der Waals surface area contributed by atoms with E-state index in [9.17, 15) is 4.79 Å². The van der Waals surface area contributed by atoms with Gasteiger partial charge in [-0.1, -0.05) is 17.7 Å². The molecule has 1 aromatic carbocycles. The number of aromatic nitrogens is 3. The second-order valence-electron chi connectivity index (χ2n) is 3.81. The van der Waals surface area contributed by atoms with E-state index in [1.807, 2.05) is 17.6 Å². The number of carbonyl (C=O) groups is 1. The summed E-state index contributed by atoms with van der Waals surface area (Å²) in [7, 11) is 0. The topological polar surface area (TPSA) is 109 Å². The number of benzene rings is 1. The second-order valence-corrected chi connectivity index (χ2v) is 4.24. The number of carbonyl (C=O) groups excluding carboxylic acids is 1. The van der Waals surface area contributed by atoms with Gasteiger partial charge in [0.1, 0.15) is 5.82 Å². The highest BCUT2D eigenvalue weighted by molar-refractivity contribution is 6.30. The number of nitrogens with one attached hydrogen (secondary N) is 3. The molecular formula is C11H13ClN6O. The van der Waals surface area contributed by atoms with Crippen LogP contribution in [0.5, 0.6) is 0 Å². The predicted molar refractivity (Wildman–Crippen MR) is 71.2 cm³/mol. The molecule has 0 spiro atoms. The van der Waals surface area contributed by atoms with Crippen LogP contribution in [0.25, 0.3) is 0 Å². The van der Waals surface area contributed by atoms with Crippen LogP contribution < -0.4 is 16.6 Å². The number of H-pyrrole nitrogens is 1. The molecule has 2 aromatic rings. The largest absolute Gasteiger partial charge is 0.378 e. The van der Waals surface area contributed by atoms with E-state index in [1.165, 1.54) is 0 Å². The smallest absolute Gasteiger partial charge is 0.241 e. The Kier molecular flexibility index (Phi) is 4.32. The Morgan fingerprint density at radius 3 is 3.05 bits per heavy atom. The third kappa shape index (κ3) is 3.94. The number of halogens is 1. The second kappa shape index (κ2) is 6.17. The molecule has 1 aromatic heterocycles. The SMILES string of the molecule is NNC(=O)Cc1n[nH]c(CNc2cccc(Cl)c2)n1. The summed E-state index contributed by atoms with van der Waals surface area (Å²) in [5, 5.41) is 10.5. The van der Waals surface area contributed by atoms with E-state index in [1.54, 1.807) is 12.1 Å². The van der Waals surface area contributed by atoms with Crippen LogP contribution >= 0.6 is 11.6 Å². The van der Waals surface area contributed by atoms with Gasteiger partial charge in [-0.3, -0.25) is 15.3 Å². The summed E-state index contributed by atoms with van der Waals surface area (Å²) in [6, 6.07) is 7.35. The minimum Gasteiger partial charge on any atom is -0.378 e. The van der Waals surface area contributed by atoms with Gasteiger partial charge in [-0.2, -0.15) is 5.10 Å². The summed E-state index contributed by atoms with van der Waals surface area (Å²) < 4.78 is 0. The molecule has 0 fully saturated rings. The molecular weight excluding hydrogens is 268 g/mol. The zero-order valence-corrected chi connectivity index (χ0v) is 10.7. The van der Waals surface area contributed by atoms with E-state index in [4.69, 9.17) is 17.4 Å². The Labute approximate surface area is 114 Å². The van der Waals surface area contributed by atoms with E-state index in [-0.39, 0.29) is 12.3 Å². The van der Waals surface area contributed by atoms with Gasteiger partial charge in [-0.15, -0.1) is 0 Å². The lowest BCUT2D eigenvalue weighted by Crippen LogP contribution is -2.31. The molecule has 1 heterocycles. The van der Waals surface area contributed by atoms with Crippen molar-refractivity contribution in [1.29, 1.82) is 0 Å². The molecule has 0 unspecified atom stereocenters. The first-order valence-electron chi connectivity index (χ1n) is 5.56. The van der Waals surface area contributed by atoms with E-state index < -0.39 is 0 Å². The van der Waals surface area contributed by atoms with E-state index >= 15 is 0 Å². The lowest BCUT2D eigenvalue weighted by atomic mass is 10.3. The molecule has 100 valence electrons. The molecule has 0 aliphatic heterocycles. The van der Waals surface area contributed by atoms with E-state index in [0.717, 1.165) is 5.69 Å². The highest BCUT2D eigenvalue weighted by Crippen LogP contribution is 2.15. The van der Waals surface area contributed by atoms with Gasteiger partial charge in [0.15, 0.2) is 5.82 Å². The normalized spacial score (nSPS) is 10.2. The minimum absolute atomic E-state index is 0.0458. The van der Waals surface area contributed by atoms with Crippen molar-refractivity contribution in [1.82, 2.24) is 20.6 Å². The van der Waals surface area contributed by atoms with Gasteiger partial charge in [0.2, 0.25) is 5.91 Å². The van der Waals surface area contributed by atoms with Crippen LogP contribution in [0.3, 0.4) is 0 Å². The fourth-order valence-electron chi connectivity index (χ4n) is 1.47. The van der Waals surface area contributed by atoms with E-state index in [0.29, 0.717) is 23.2 Å². The van der Waals surface area contributed by atoms with Crippen LogP contribution in [0.15, 0.2) is 24.3 Å². The van der Waals surface area contributed by atoms with Crippen molar-refractivity contribution in [3.8, 4) is 0 Å². The summed E-state index contributed by atoms with van der Waals surface area (Å²) in [5.74, 6) is 5.66. The number of amides is 1. The Hall–Kier alpha value is -2.12. The molecule has 19 heavy (non-hydrogen) atoms. The molecule has 0 bridgehead atoms. The van der Waals surface area contributed by atoms with Crippen LogP contribution in [0, 0.1) is 0 Å². The first-order chi connectivity index (χ1) is 9.17. The molecule has 0 atom stereocenters. The quantitative estimate of drug-likeness (QED) is 0.364. The average Bonchev–Trinajstić information content (AvgIpc) is 2.84. The lowest BCUT2D eigenvalue weighted by Gasteiger charge is -2.03. The average molecular weight is 281 g/mol. The van der Waals surface area contributed by atoms with Crippen LogP contribution in [0.4, 0.5) is 5.69 Å². The third-order valence-electron chi connectivity index (χ3n) is 2.34. The van der Waals surface area contributed by atoms with Crippen molar-refractivity contribution in [2.75, 3.05) is 5.32 Å². The zero-order valence-electron chi connectivity index (χ0n) is 9.98. The van der Waals surface area contributed by atoms with Crippen LogP contribution in [0.1, 0.15) is 11.6 Å². The molecule has 0 radical (unpaired) electrons. The van der Waals surface area contributed by atoms with Gasteiger partial charge in [0.05, 0.1) is 13.0 Å². The van der Waals surface area contributed by atoms with Crippen molar-refractivity contribution < 1.29 is 4.79 Å². The lowest BCUT2D eigenvalue weighted by molar-refractivity contribution is -0.120. The predicted octanol–water partition coefficient (Wildman–Crippen LogP) is 0.603. The van der Waals surface area contributed by atoms with Crippen LogP contribution in [0.2, 0.25) is 5.02 Å². The fraction of sp³-hybridized carbons (Fsp3) is 0.182. The highest BCUT2D eigenvalue weighted by atomic mass is 35.5. The number of nitrogens with two attached hydrogens (primary N) is 1. The van der Waals surface area contributed by atoms with Gasteiger partial charge in [-0.05, 0) is 18.2 Å². The number of hydrogen-bond acceptors (Lipinski definition) is 5. The fourth-order valence-corrected chi connectivity index (χ4v) is 1.66. The van der Waals surface area contributed by atoms with Gasteiger partial charge in [0, 0.05) is 10.7 Å². The molecule has 7 nitrogen and oxygen atoms in total. The van der Waals surface area contributed by atoms with Crippen LogP contribution in [-0.4, -0.2) is 21.1 Å². The summed E-state index contributed by atoms with van der Waals surface area (Å²) in [5.41, 5.74) is 2.90. The maximum Gasteiger partial charge on any atom is 0.241 e. The van der Waals surface area contributed by atoms with Crippen molar-refractivity contribution in [3.63, 3.8) is 0 Å². The Bertz CT molecular complexity index is 570. The minimum atomic E-state index is -0.339. The Balaban J connectivity index is 1.91. The molecule has 0 aliphatic carbocycles. The zero-order chi connectivity index (χ0) is 13.7.